The van der Waals surface area contributed by atoms with E-state index in [1.165, 1.54) is 17.0 Å². The van der Waals surface area contributed by atoms with Crippen LogP contribution in [0.5, 0.6) is 0 Å². The lowest BCUT2D eigenvalue weighted by atomic mass is 10.1. The van der Waals surface area contributed by atoms with Crippen LogP contribution in [-0.2, 0) is 6.42 Å². The Morgan fingerprint density at radius 2 is 1.86 bits per heavy atom. The van der Waals surface area contributed by atoms with Crippen LogP contribution in [0.2, 0.25) is 0 Å². The Hall–Kier alpha value is -2.93. The predicted molar refractivity (Wildman–Crippen MR) is 105 cm³/mol. The summed E-state index contributed by atoms with van der Waals surface area (Å²) in [5.41, 5.74) is 2.43. The monoisotopic (exact) mass is 384 g/mol. The van der Waals surface area contributed by atoms with Gasteiger partial charge in [0.2, 0.25) is 0 Å². The Labute approximate surface area is 161 Å². The summed E-state index contributed by atoms with van der Waals surface area (Å²) in [6, 6.07) is 11.0. The van der Waals surface area contributed by atoms with Gasteiger partial charge in [0.1, 0.15) is 11.6 Å². The van der Waals surface area contributed by atoms with E-state index in [-0.39, 0.29) is 11.7 Å². The molecule has 4 rings (SSSR count). The second-order valence-corrected chi connectivity index (χ2v) is 6.99. The first kappa shape index (κ1) is 18.4. The fraction of sp³-hybridized carbons (Fsp3) is 0.286. The standard InChI is InChI=1S/C21H22F2N4O/c22-16-5-6-20(18(23)13-16)25-21(28)27-11-9-26(10-12-27)8-7-15-14-24-19-4-2-1-3-17(15)19/h1-6,13-14,24H,7-12H2,(H,25,28). The van der Waals surface area contributed by atoms with E-state index in [1.54, 1.807) is 4.90 Å². The number of piperazine rings is 1. The van der Waals surface area contributed by atoms with Gasteiger partial charge in [-0.2, -0.15) is 0 Å². The summed E-state index contributed by atoms with van der Waals surface area (Å²) in [6.45, 7) is 3.60. The van der Waals surface area contributed by atoms with Gasteiger partial charge in [-0.25, -0.2) is 13.6 Å². The summed E-state index contributed by atoms with van der Waals surface area (Å²) in [5, 5.41) is 3.77. The summed E-state index contributed by atoms with van der Waals surface area (Å²) in [5.74, 6) is -1.44. The molecule has 0 saturated carbocycles. The number of para-hydroxylation sites is 1. The lowest BCUT2D eigenvalue weighted by molar-refractivity contribution is 0.148. The maximum absolute atomic E-state index is 13.7. The highest BCUT2D eigenvalue weighted by molar-refractivity contribution is 5.89. The molecular weight excluding hydrogens is 362 g/mol. The molecule has 2 amide bonds. The van der Waals surface area contributed by atoms with Crippen molar-refractivity contribution in [2.45, 2.75) is 6.42 Å². The number of halogens is 2. The van der Waals surface area contributed by atoms with E-state index in [0.717, 1.165) is 43.7 Å². The smallest absolute Gasteiger partial charge is 0.322 e. The number of aromatic amines is 1. The highest BCUT2D eigenvalue weighted by atomic mass is 19.1. The molecule has 1 saturated heterocycles. The second kappa shape index (κ2) is 7.98. The summed E-state index contributed by atoms with van der Waals surface area (Å²) < 4.78 is 26.7. The van der Waals surface area contributed by atoms with Gasteiger partial charge >= 0.3 is 6.03 Å². The highest BCUT2D eigenvalue weighted by Gasteiger charge is 2.22. The van der Waals surface area contributed by atoms with Gasteiger partial charge in [-0.15, -0.1) is 0 Å². The minimum absolute atomic E-state index is 0.00633. The third-order valence-electron chi connectivity index (χ3n) is 5.20. The molecule has 28 heavy (non-hydrogen) atoms. The Kier molecular flexibility index (Phi) is 5.25. The van der Waals surface area contributed by atoms with Crippen LogP contribution in [0.1, 0.15) is 5.56 Å². The molecule has 1 aliphatic rings. The first-order chi connectivity index (χ1) is 13.6. The summed E-state index contributed by atoms with van der Waals surface area (Å²) in [6.07, 6.45) is 3.00. The van der Waals surface area contributed by atoms with Crippen molar-refractivity contribution in [1.82, 2.24) is 14.8 Å². The molecule has 0 spiro atoms. The lowest BCUT2D eigenvalue weighted by Crippen LogP contribution is -2.50. The van der Waals surface area contributed by atoms with Gasteiger partial charge in [-0.1, -0.05) is 18.2 Å². The van der Waals surface area contributed by atoms with Crippen LogP contribution in [0, 0.1) is 11.6 Å². The SMILES string of the molecule is O=C(Nc1ccc(F)cc1F)N1CCN(CCc2c[nH]c3ccccc23)CC1. The van der Waals surface area contributed by atoms with Crippen LogP contribution in [0.4, 0.5) is 19.3 Å². The van der Waals surface area contributed by atoms with Crippen molar-refractivity contribution < 1.29 is 13.6 Å². The molecule has 2 N–H and O–H groups in total. The molecule has 7 heteroatoms. The van der Waals surface area contributed by atoms with Crippen molar-refractivity contribution in [2.75, 3.05) is 38.0 Å². The second-order valence-electron chi connectivity index (χ2n) is 6.99. The molecule has 5 nitrogen and oxygen atoms in total. The molecule has 2 aromatic carbocycles. The number of aromatic nitrogens is 1. The molecule has 0 bridgehead atoms. The predicted octanol–water partition coefficient (Wildman–Crippen LogP) is 3.84. The average Bonchev–Trinajstić information content (AvgIpc) is 3.12. The topological polar surface area (TPSA) is 51.4 Å². The molecule has 1 fully saturated rings. The van der Waals surface area contributed by atoms with Crippen molar-refractivity contribution in [3.8, 4) is 0 Å². The number of H-pyrrole nitrogens is 1. The van der Waals surface area contributed by atoms with Crippen LogP contribution in [-0.4, -0.2) is 53.5 Å². The number of hydrogen-bond acceptors (Lipinski definition) is 2. The van der Waals surface area contributed by atoms with Gasteiger partial charge in [-0.3, -0.25) is 4.90 Å². The van der Waals surface area contributed by atoms with E-state index in [4.69, 9.17) is 0 Å². The fourth-order valence-electron chi connectivity index (χ4n) is 3.58. The molecule has 146 valence electrons. The van der Waals surface area contributed by atoms with E-state index < -0.39 is 11.6 Å². The van der Waals surface area contributed by atoms with Gasteiger partial charge in [-0.05, 0) is 30.2 Å². The van der Waals surface area contributed by atoms with Gasteiger partial charge < -0.3 is 15.2 Å². The summed E-state index contributed by atoms with van der Waals surface area (Å²) in [7, 11) is 0. The van der Waals surface area contributed by atoms with Gasteiger partial charge in [0.25, 0.3) is 0 Å². The maximum Gasteiger partial charge on any atom is 0.322 e. The Balaban J connectivity index is 1.27. The number of nitrogens with one attached hydrogen (secondary N) is 2. The molecule has 0 unspecified atom stereocenters. The van der Waals surface area contributed by atoms with Crippen LogP contribution in [0.25, 0.3) is 10.9 Å². The van der Waals surface area contributed by atoms with Crippen LogP contribution in [0.3, 0.4) is 0 Å². The van der Waals surface area contributed by atoms with Crippen molar-refractivity contribution in [3.63, 3.8) is 0 Å². The number of urea groups is 1. The first-order valence-electron chi connectivity index (χ1n) is 9.38. The number of carbonyl (C=O) groups excluding carboxylic acids is 1. The Morgan fingerprint density at radius 1 is 1.07 bits per heavy atom. The third-order valence-corrected chi connectivity index (χ3v) is 5.20. The van der Waals surface area contributed by atoms with E-state index in [9.17, 15) is 13.6 Å². The number of amides is 2. The van der Waals surface area contributed by atoms with Crippen LogP contribution >= 0.6 is 0 Å². The summed E-state index contributed by atoms with van der Waals surface area (Å²) in [4.78, 5) is 19.6. The lowest BCUT2D eigenvalue weighted by Gasteiger charge is -2.34. The minimum Gasteiger partial charge on any atom is -0.361 e. The minimum atomic E-state index is -0.772. The molecule has 1 aliphatic heterocycles. The average molecular weight is 384 g/mol. The number of rotatable bonds is 4. The zero-order valence-corrected chi connectivity index (χ0v) is 15.4. The summed E-state index contributed by atoms with van der Waals surface area (Å²) >= 11 is 0. The molecule has 1 aromatic heterocycles. The quantitative estimate of drug-likeness (QED) is 0.718. The molecule has 0 aliphatic carbocycles. The van der Waals surface area contributed by atoms with Crippen LogP contribution in [0.15, 0.2) is 48.7 Å². The number of benzene rings is 2. The highest BCUT2D eigenvalue weighted by Crippen LogP contribution is 2.19. The molecular formula is C21H22F2N4O. The van der Waals surface area contributed by atoms with Gasteiger partial charge in [0.05, 0.1) is 5.69 Å². The number of hydrogen-bond donors (Lipinski definition) is 2. The van der Waals surface area contributed by atoms with E-state index in [1.807, 2.05) is 12.1 Å². The van der Waals surface area contributed by atoms with E-state index in [0.29, 0.717) is 13.1 Å². The fourth-order valence-corrected chi connectivity index (χ4v) is 3.58. The normalized spacial score (nSPS) is 15.1. The molecule has 2 heterocycles. The molecule has 3 aromatic rings. The number of fused-ring (bicyclic) bond motifs is 1. The third kappa shape index (κ3) is 3.99. The number of carbonyl (C=O) groups is 1. The molecule has 0 atom stereocenters. The zero-order chi connectivity index (χ0) is 19.5. The van der Waals surface area contributed by atoms with E-state index in [2.05, 4.69) is 33.5 Å². The van der Waals surface area contributed by atoms with Crippen molar-refractivity contribution >= 4 is 22.6 Å². The number of nitrogens with zero attached hydrogens (tertiary/aromatic N) is 2. The Bertz CT molecular complexity index is 979. The zero-order valence-electron chi connectivity index (χ0n) is 15.4. The largest absolute Gasteiger partial charge is 0.361 e. The van der Waals surface area contributed by atoms with Crippen molar-refractivity contribution in [2.24, 2.45) is 0 Å². The first-order valence-corrected chi connectivity index (χ1v) is 9.38. The number of anilines is 1. The van der Waals surface area contributed by atoms with Crippen LogP contribution < -0.4 is 5.32 Å². The van der Waals surface area contributed by atoms with Crippen molar-refractivity contribution in [1.29, 1.82) is 0 Å². The van der Waals surface area contributed by atoms with Crippen molar-refractivity contribution in [3.05, 3.63) is 65.9 Å². The van der Waals surface area contributed by atoms with Gasteiger partial charge in [0, 0.05) is 55.9 Å². The van der Waals surface area contributed by atoms with E-state index >= 15 is 0 Å². The maximum atomic E-state index is 13.7. The van der Waals surface area contributed by atoms with Gasteiger partial charge in [0.15, 0.2) is 0 Å². The molecule has 0 radical (unpaired) electrons. The Morgan fingerprint density at radius 3 is 2.64 bits per heavy atom.